The minimum absolute atomic E-state index is 0.188. The Balaban J connectivity index is 2.19. The number of fused-ring (bicyclic) bond motifs is 1. The van der Waals surface area contributed by atoms with Crippen molar-refractivity contribution in [3.8, 4) is 5.69 Å². The zero-order valence-electron chi connectivity index (χ0n) is 12.5. The first-order valence-electron chi connectivity index (χ1n) is 7.13. The summed E-state index contributed by atoms with van der Waals surface area (Å²) in [5, 5.41) is 3.40. The first-order chi connectivity index (χ1) is 9.87. The van der Waals surface area contributed by atoms with Crippen molar-refractivity contribution in [2.24, 2.45) is 5.41 Å². The van der Waals surface area contributed by atoms with E-state index in [1.165, 1.54) is 22.6 Å². The lowest BCUT2D eigenvalue weighted by Gasteiger charge is -2.23. The summed E-state index contributed by atoms with van der Waals surface area (Å²) in [6, 6.07) is 10.7. The van der Waals surface area contributed by atoms with Gasteiger partial charge in [0.25, 0.3) is 0 Å². The maximum absolute atomic E-state index is 5.56. The van der Waals surface area contributed by atoms with Gasteiger partial charge in [0.05, 0.1) is 0 Å². The van der Waals surface area contributed by atoms with Gasteiger partial charge >= 0.3 is 0 Å². The van der Waals surface area contributed by atoms with Gasteiger partial charge in [-0.3, -0.25) is 0 Å². The molecule has 1 N–H and O–H groups in total. The maximum atomic E-state index is 5.56. The molecule has 0 amide bonds. The Morgan fingerprint density at radius 2 is 1.90 bits per heavy atom. The average Bonchev–Trinajstić information content (AvgIpc) is 2.68. The molecule has 110 valence electrons. The predicted molar refractivity (Wildman–Crippen MR) is 95.4 cm³/mol. The molecule has 0 fully saturated rings. The molecule has 0 bridgehead atoms. The largest absolute Gasteiger partial charge is 0.375 e. The van der Waals surface area contributed by atoms with Crippen LogP contribution in [0.15, 0.2) is 34.8 Å². The van der Waals surface area contributed by atoms with E-state index in [4.69, 9.17) is 12.2 Å². The highest BCUT2D eigenvalue weighted by atomic mass is 79.9. The van der Waals surface area contributed by atoms with Gasteiger partial charge in [0, 0.05) is 33.7 Å². The first-order valence-corrected chi connectivity index (χ1v) is 8.33. The fourth-order valence-corrected chi connectivity index (χ4v) is 3.45. The van der Waals surface area contributed by atoms with Crippen LogP contribution in [0.2, 0.25) is 0 Å². The quantitative estimate of drug-likeness (QED) is 0.757. The lowest BCUT2D eigenvalue weighted by Crippen LogP contribution is -2.31. The molecule has 21 heavy (non-hydrogen) atoms. The molecule has 1 aromatic heterocycles. The van der Waals surface area contributed by atoms with Crippen LogP contribution in [0.3, 0.4) is 0 Å². The molecule has 4 heteroatoms. The Morgan fingerprint density at radius 1 is 1.24 bits per heavy atom. The van der Waals surface area contributed by atoms with Crippen LogP contribution in [0.5, 0.6) is 0 Å². The SMILES string of the molecule is Cc1cc2c(n1-c1ccc(Br)cc1)CC(C)(C)CNC2=S. The minimum atomic E-state index is 0.188. The Labute approximate surface area is 139 Å². The number of rotatable bonds is 1. The molecule has 0 atom stereocenters. The number of thiocarbonyl (C=S) groups is 1. The lowest BCUT2D eigenvalue weighted by molar-refractivity contribution is 0.360. The zero-order valence-corrected chi connectivity index (χ0v) is 14.9. The summed E-state index contributed by atoms with van der Waals surface area (Å²) < 4.78 is 3.43. The van der Waals surface area contributed by atoms with E-state index in [9.17, 15) is 0 Å². The Bertz CT molecular complexity index is 698. The summed E-state index contributed by atoms with van der Waals surface area (Å²) in [4.78, 5) is 0.870. The second-order valence-corrected chi connectivity index (χ2v) is 7.81. The molecule has 1 aliphatic heterocycles. The van der Waals surface area contributed by atoms with Gasteiger partial charge in [0.1, 0.15) is 4.99 Å². The molecule has 3 rings (SSSR count). The standard InChI is InChI=1S/C17H19BrN2S/c1-11-8-14-15(9-17(2,3)10-19-16(14)21)20(11)13-6-4-12(18)5-7-13/h4-8H,9-10H2,1-3H3,(H,19,21). The van der Waals surface area contributed by atoms with Crippen molar-refractivity contribution in [2.75, 3.05) is 6.54 Å². The Hall–Kier alpha value is -1.13. The molecule has 1 aromatic carbocycles. The normalized spacial score (nSPS) is 17.0. The van der Waals surface area contributed by atoms with Crippen molar-refractivity contribution in [2.45, 2.75) is 27.2 Å². The van der Waals surface area contributed by atoms with Crippen molar-refractivity contribution in [1.29, 1.82) is 0 Å². The van der Waals surface area contributed by atoms with Crippen LogP contribution in [-0.4, -0.2) is 16.1 Å². The first kappa shape index (κ1) is 14.8. The summed E-state index contributed by atoms with van der Waals surface area (Å²) in [6.45, 7) is 7.63. The molecule has 2 heterocycles. The van der Waals surface area contributed by atoms with E-state index < -0.39 is 0 Å². The molecule has 0 unspecified atom stereocenters. The van der Waals surface area contributed by atoms with Crippen LogP contribution in [0.25, 0.3) is 5.69 Å². The second-order valence-electron chi connectivity index (χ2n) is 6.48. The smallest absolute Gasteiger partial charge is 0.108 e. The molecule has 2 aromatic rings. The van der Waals surface area contributed by atoms with Crippen LogP contribution < -0.4 is 5.32 Å². The number of aromatic nitrogens is 1. The number of benzene rings is 1. The highest BCUT2D eigenvalue weighted by molar-refractivity contribution is 9.10. The van der Waals surface area contributed by atoms with Gasteiger partial charge in [-0.05, 0) is 49.1 Å². The summed E-state index contributed by atoms with van der Waals surface area (Å²) in [5.41, 5.74) is 5.10. The van der Waals surface area contributed by atoms with Gasteiger partial charge in [0.15, 0.2) is 0 Å². The molecule has 1 aliphatic rings. The molecular formula is C17H19BrN2S. The van der Waals surface area contributed by atoms with Gasteiger partial charge in [-0.15, -0.1) is 0 Å². The van der Waals surface area contributed by atoms with E-state index in [1.807, 2.05) is 0 Å². The van der Waals surface area contributed by atoms with E-state index in [-0.39, 0.29) is 5.41 Å². The summed E-state index contributed by atoms with van der Waals surface area (Å²) in [7, 11) is 0. The lowest BCUT2D eigenvalue weighted by atomic mass is 9.88. The van der Waals surface area contributed by atoms with E-state index in [1.54, 1.807) is 0 Å². The third kappa shape index (κ3) is 2.79. The van der Waals surface area contributed by atoms with Crippen LogP contribution in [0.1, 0.15) is 30.8 Å². The van der Waals surface area contributed by atoms with E-state index >= 15 is 0 Å². The van der Waals surface area contributed by atoms with Crippen molar-refractivity contribution in [3.05, 3.63) is 51.8 Å². The van der Waals surface area contributed by atoms with Gasteiger partial charge in [-0.1, -0.05) is 42.0 Å². The zero-order chi connectivity index (χ0) is 15.2. The van der Waals surface area contributed by atoms with E-state index in [0.717, 1.165) is 22.4 Å². The Kier molecular flexibility index (Phi) is 3.70. The van der Waals surface area contributed by atoms with Crippen LogP contribution in [0, 0.1) is 12.3 Å². The van der Waals surface area contributed by atoms with Gasteiger partial charge < -0.3 is 9.88 Å². The van der Waals surface area contributed by atoms with Crippen LogP contribution in [0.4, 0.5) is 0 Å². The van der Waals surface area contributed by atoms with Crippen LogP contribution in [-0.2, 0) is 6.42 Å². The minimum Gasteiger partial charge on any atom is -0.375 e. The molecule has 0 aliphatic carbocycles. The highest BCUT2D eigenvalue weighted by Crippen LogP contribution is 2.31. The number of hydrogen-bond acceptors (Lipinski definition) is 1. The predicted octanol–water partition coefficient (Wildman–Crippen LogP) is 4.40. The van der Waals surface area contributed by atoms with Gasteiger partial charge in [-0.25, -0.2) is 0 Å². The fourth-order valence-electron chi connectivity index (χ4n) is 2.94. The van der Waals surface area contributed by atoms with Gasteiger partial charge in [-0.2, -0.15) is 0 Å². The summed E-state index contributed by atoms with van der Waals surface area (Å²) >= 11 is 9.06. The number of nitrogens with one attached hydrogen (secondary N) is 1. The molecule has 0 radical (unpaired) electrons. The van der Waals surface area contributed by atoms with E-state index in [2.05, 4.69) is 76.9 Å². The number of hydrogen-bond donors (Lipinski definition) is 1. The Morgan fingerprint density at radius 3 is 2.57 bits per heavy atom. The molecular weight excluding hydrogens is 344 g/mol. The van der Waals surface area contributed by atoms with Crippen molar-refractivity contribution >= 4 is 33.1 Å². The molecule has 0 saturated heterocycles. The fraction of sp³-hybridized carbons (Fsp3) is 0.353. The van der Waals surface area contributed by atoms with Crippen molar-refractivity contribution in [1.82, 2.24) is 9.88 Å². The second kappa shape index (κ2) is 5.25. The third-order valence-electron chi connectivity index (χ3n) is 3.99. The summed E-state index contributed by atoms with van der Waals surface area (Å²) in [6.07, 6.45) is 1.01. The number of aryl methyl sites for hydroxylation is 1. The topological polar surface area (TPSA) is 17.0 Å². The van der Waals surface area contributed by atoms with Crippen LogP contribution >= 0.6 is 28.1 Å². The van der Waals surface area contributed by atoms with Crippen molar-refractivity contribution < 1.29 is 0 Å². The number of nitrogens with zero attached hydrogens (tertiary/aromatic N) is 1. The summed E-state index contributed by atoms with van der Waals surface area (Å²) in [5.74, 6) is 0. The molecule has 0 saturated carbocycles. The molecule has 0 spiro atoms. The van der Waals surface area contributed by atoms with E-state index in [0.29, 0.717) is 0 Å². The maximum Gasteiger partial charge on any atom is 0.108 e. The monoisotopic (exact) mass is 362 g/mol. The van der Waals surface area contributed by atoms with Gasteiger partial charge in [0.2, 0.25) is 0 Å². The average molecular weight is 363 g/mol. The van der Waals surface area contributed by atoms with Crippen molar-refractivity contribution in [3.63, 3.8) is 0 Å². The number of halogens is 1. The highest BCUT2D eigenvalue weighted by Gasteiger charge is 2.29. The molecule has 2 nitrogen and oxygen atoms in total. The third-order valence-corrected chi connectivity index (χ3v) is 4.88.